The average molecular weight is 533 g/mol. The van der Waals surface area contributed by atoms with Crippen LogP contribution < -0.4 is 14.8 Å². The SMILES string of the molecule is CCCOc1c(Br)cc(/C=C2\SC(=O)N(CC(=O)Nc3cccc(C)c3)C2=O)cc1OCC. The summed E-state index contributed by atoms with van der Waals surface area (Å²) in [4.78, 5) is 38.8. The van der Waals surface area contributed by atoms with Crippen LogP contribution in [-0.2, 0) is 9.59 Å². The first-order valence-electron chi connectivity index (χ1n) is 10.5. The van der Waals surface area contributed by atoms with Crippen molar-refractivity contribution in [3.8, 4) is 11.5 Å². The Kier molecular flexibility index (Phi) is 8.57. The first-order valence-corrected chi connectivity index (χ1v) is 12.1. The number of amides is 3. The highest BCUT2D eigenvalue weighted by Gasteiger charge is 2.36. The van der Waals surface area contributed by atoms with Gasteiger partial charge in [-0.05, 0) is 89.4 Å². The maximum Gasteiger partial charge on any atom is 0.294 e. The van der Waals surface area contributed by atoms with Crippen LogP contribution in [0.15, 0.2) is 45.8 Å². The lowest BCUT2D eigenvalue weighted by atomic mass is 10.2. The van der Waals surface area contributed by atoms with Crippen molar-refractivity contribution in [1.29, 1.82) is 0 Å². The minimum atomic E-state index is -0.509. The van der Waals surface area contributed by atoms with Crippen LogP contribution in [0.5, 0.6) is 11.5 Å². The highest BCUT2D eigenvalue weighted by Crippen LogP contribution is 2.39. The number of carbonyl (C=O) groups excluding carboxylic acids is 3. The molecule has 9 heteroatoms. The molecule has 1 N–H and O–H groups in total. The van der Waals surface area contributed by atoms with Gasteiger partial charge in [-0.2, -0.15) is 0 Å². The molecule has 3 rings (SSSR count). The molecule has 0 aromatic heterocycles. The van der Waals surface area contributed by atoms with Gasteiger partial charge < -0.3 is 14.8 Å². The number of nitrogens with zero attached hydrogens (tertiary/aromatic N) is 1. The van der Waals surface area contributed by atoms with E-state index in [2.05, 4.69) is 21.2 Å². The molecule has 0 radical (unpaired) electrons. The summed E-state index contributed by atoms with van der Waals surface area (Å²) in [7, 11) is 0. The Balaban J connectivity index is 1.76. The Hall–Kier alpha value is -2.78. The maximum atomic E-state index is 12.8. The molecule has 2 aromatic rings. The second-order valence-corrected chi connectivity index (χ2v) is 9.14. The molecular formula is C24H25BrN2O5S. The second kappa shape index (κ2) is 11.4. The number of anilines is 1. The van der Waals surface area contributed by atoms with Crippen LogP contribution in [0.1, 0.15) is 31.4 Å². The van der Waals surface area contributed by atoms with E-state index in [-0.39, 0.29) is 11.4 Å². The maximum absolute atomic E-state index is 12.8. The van der Waals surface area contributed by atoms with E-state index in [4.69, 9.17) is 9.47 Å². The normalized spacial score (nSPS) is 14.7. The number of nitrogens with one attached hydrogen (secondary N) is 1. The van der Waals surface area contributed by atoms with Gasteiger partial charge in [0, 0.05) is 5.69 Å². The number of thioether (sulfide) groups is 1. The van der Waals surface area contributed by atoms with E-state index >= 15 is 0 Å². The zero-order valence-electron chi connectivity index (χ0n) is 18.6. The molecule has 0 spiro atoms. The van der Waals surface area contributed by atoms with Gasteiger partial charge in [0.25, 0.3) is 11.1 Å². The standard InChI is InChI=1S/C24H25BrN2O5S/c1-4-9-32-22-18(25)11-16(12-19(22)31-5-2)13-20-23(29)27(24(30)33-20)14-21(28)26-17-8-6-7-15(3)10-17/h6-8,10-13H,4-5,9,14H2,1-3H3,(H,26,28)/b20-13-. The van der Waals surface area contributed by atoms with Crippen LogP contribution in [0.2, 0.25) is 0 Å². The Morgan fingerprint density at radius 3 is 2.67 bits per heavy atom. The monoisotopic (exact) mass is 532 g/mol. The number of halogens is 1. The third kappa shape index (κ3) is 6.39. The molecule has 0 unspecified atom stereocenters. The van der Waals surface area contributed by atoms with Gasteiger partial charge in [0.15, 0.2) is 11.5 Å². The highest BCUT2D eigenvalue weighted by atomic mass is 79.9. The molecule has 1 aliphatic rings. The summed E-state index contributed by atoms with van der Waals surface area (Å²) in [6, 6.07) is 10.9. The van der Waals surface area contributed by atoms with Crippen molar-refractivity contribution in [3.63, 3.8) is 0 Å². The van der Waals surface area contributed by atoms with E-state index in [0.717, 1.165) is 28.6 Å². The van der Waals surface area contributed by atoms with Gasteiger partial charge in [-0.3, -0.25) is 19.3 Å². The Bertz CT molecular complexity index is 1100. The number of ether oxygens (including phenoxy) is 2. The summed E-state index contributed by atoms with van der Waals surface area (Å²) in [6.07, 6.45) is 2.46. The summed E-state index contributed by atoms with van der Waals surface area (Å²) >= 11 is 4.30. The molecule has 1 saturated heterocycles. The van der Waals surface area contributed by atoms with E-state index in [1.165, 1.54) is 0 Å². The molecule has 0 aliphatic carbocycles. The van der Waals surface area contributed by atoms with Crippen LogP contribution in [0, 0.1) is 6.92 Å². The average Bonchev–Trinajstić information content (AvgIpc) is 3.00. The molecule has 174 valence electrons. The zero-order valence-corrected chi connectivity index (χ0v) is 21.0. The lowest BCUT2D eigenvalue weighted by molar-refractivity contribution is -0.127. The van der Waals surface area contributed by atoms with E-state index in [1.807, 2.05) is 39.0 Å². The fourth-order valence-electron chi connectivity index (χ4n) is 3.13. The molecular weight excluding hydrogens is 508 g/mol. The van der Waals surface area contributed by atoms with E-state index in [9.17, 15) is 14.4 Å². The van der Waals surface area contributed by atoms with Crippen LogP contribution in [0.4, 0.5) is 10.5 Å². The number of carbonyl (C=O) groups is 3. The minimum absolute atomic E-state index is 0.236. The van der Waals surface area contributed by atoms with Gasteiger partial charge in [0.2, 0.25) is 5.91 Å². The number of hydrogen-bond donors (Lipinski definition) is 1. The number of rotatable bonds is 9. The molecule has 0 bridgehead atoms. The van der Waals surface area contributed by atoms with Crippen LogP contribution >= 0.6 is 27.7 Å². The number of hydrogen-bond acceptors (Lipinski definition) is 6. The van der Waals surface area contributed by atoms with Crippen molar-refractivity contribution in [1.82, 2.24) is 4.90 Å². The molecule has 33 heavy (non-hydrogen) atoms. The van der Waals surface area contributed by atoms with E-state index in [1.54, 1.807) is 24.3 Å². The van der Waals surface area contributed by atoms with Crippen molar-refractivity contribution in [2.75, 3.05) is 25.1 Å². The summed E-state index contributed by atoms with van der Waals surface area (Å²) in [5.41, 5.74) is 2.27. The van der Waals surface area contributed by atoms with Gasteiger partial charge in [0.1, 0.15) is 6.54 Å². The van der Waals surface area contributed by atoms with E-state index < -0.39 is 17.1 Å². The summed E-state index contributed by atoms with van der Waals surface area (Å²) in [6.45, 7) is 6.44. The summed E-state index contributed by atoms with van der Waals surface area (Å²) < 4.78 is 12.2. The van der Waals surface area contributed by atoms with Gasteiger partial charge in [-0.1, -0.05) is 19.1 Å². The second-order valence-electron chi connectivity index (χ2n) is 7.30. The number of imide groups is 1. The Morgan fingerprint density at radius 2 is 1.97 bits per heavy atom. The summed E-state index contributed by atoms with van der Waals surface area (Å²) in [5, 5.41) is 2.23. The predicted molar refractivity (Wildman–Crippen MR) is 134 cm³/mol. The molecule has 0 saturated carbocycles. The fraction of sp³-hybridized carbons (Fsp3) is 0.292. The van der Waals surface area contributed by atoms with E-state index in [0.29, 0.717) is 40.4 Å². The highest BCUT2D eigenvalue weighted by molar-refractivity contribution is 9.10. The number of benzene rings is 2. The molecule has 7 nitrogen and oxygen atoms in total. The van der Waals surface area contributed by atoms with Gasteiger partial charge in [-0.15, -0.1) is 0 Å². The quantitative estimate of drug-likeness (QED) is 0.422. The third-order valence-corrected chi connectivity index (χ3v) is 6.05. The molecule has 1 fully saturated rings. The molecule has 1 aliphatic heterocycles. The lowest BCUT2D eigenvalue weighted by Crippen LogP contribution is -2.36. The molecule has 0 atom stereocenters. The van der Waals surface area contributed by atoms with Crippen LogP contribution in [-0.4, -0.2) is 41.7 Å². The number of aryl methyl sites for hydroxylation is 1. The van der Waals surface area contributed by atoms with Gasteiger partial charge in [-0.25, -0.2) is 0 Å². The minimum Gasteiger partial charge on any atom is -0.490 e. The largest absolute Gasteiger partial charge is 0.490 e. The zero-order chi connectivity index (χ0) is 24.0. The van der Waals surface area contributed by atoms with Gasteiger partial charge >= 0.3 is 0 Å². The van der Waals surface area contributed by atoms with Crippen molar-refractivity contribution >= 4 is 56.5 Å². The first-order chi connectivity index (χ1) is 15.8. The van der Waals surface area contributed by atoms with Crippen molar-refractivity contribution in [2.24, 2.45) is 0 Å². The van der Waals surface area contributed by atoms with Crippen LogP contribution in [0.3, 0.4) is 0 Å². The lowest BCUT2D eigenvalue weighted by Gasteiger charge is -2.14. The first kappa shape index (κ1) is 24.9. The van der Waals surface area contributed by atoms with Gasteiger partial charge in [0.05, 0.1) is 22.6 Å². The predicted octanol–water partition coefficient (Wildman–Crippen LogP) is 5.62. The molecule has 1 heterocycles. The molecule has 2 aromatic carbocycles. The topological polar surface area (TPSA) is 84.9 Å². The van der Waals surface area contributed by atoms with Crippen molar-refractivity contribution in [2.45, 2.75) is 27.2 Å². The third-order valence-electron chi connectivity index (χ3n) is 4.56. The van der Waals surface area contributed by atoms with Crippen LogP contribution in [0.25, 0.3) is 6.08 Å². The Labute approximate surface area is 205 Å². The summed E-state index contributed by atoms with van der Waals surface area (Å²) in [5.74, 6) is 0.188. The molecule has 3 amide bonds. The smallest absolute Gasteiger partial charge is 0.294 e. The van der Waals surface area contributed by atoms with Crippen molar-refractivity contribution < 1.29 is 23.9 Å². The van der Waals surface area contributed by atoms with Crippen molar-refractivity contribution in [3.05, 3.63) is 56.9 Å². The fourth-order valence-corrected chi connectivity index (χ4v) is 4.55. The Morgan fingerprint density at radius 1 is 1.18 bits per heavy atom.